The van der Waals surface area contributed by atoms with Crippen molar-refractivity contribution in [2.45, 2.75) is 37.3 Å². The van der Waals surface area contributed by atoms with Gasteiger partial charge in [-0.3, -0.25) is 4.79 Å². The minimum absolute atomic E-state index is 0.0105. The number of halogens is 3. The minimum atomic E-state index is -5.86. The van der Waals surface area contributed by atoms with E-state index in [0.717, 1.165) is 0 Å². The Morgan fingerprint density at radius 2 is 1.71 bits per heavy atom. The van der Waals surface area contributed by atoms with Gasteiger partial charge in [0, 0.05) is 0 Å². The summed E-state index contributed by atoms with van der Waals surface area (Å²) < 4.78 is 65.5. The first kappa shape index (κ1) is 20.6. The van der Waals surface area contributed by atoms with Crippen molar-refractivity contribution in [2.75, 3.05) is 13.2 Å². The van der Waals surface area contributed by atoms with Crippen LogP contribution in [0.25, 0.3) is 0 Å². The second-order valence-corrected chi connectivity index (χ2v) is 6.92. The first-order chi connectivity index (χ1) is 11.0. The molecule has 0 bridgehead atoms. The van der Waals surface area contributed by atoms with Gasteiger partial charge in [-0.15, -0.1) is 0 Å². The molecule has 0 aromatic carbocycles. The van der Waals surface area contributed by atoms with E-state index in [2.05, 4.69) is 4.40 Å². The summed E-state index contributed by atoms with van der Waals surface area (Å²) in [6, 6.07) is 0. The normalized spacial score (nSPS) is 23.3. The molecule has 0 heterocycles. The molecule has 1 fully saturated rings. The zero-order valence-corrected chi connectivity index (χ0v) is 13.2. The van der Waals surface area contributed by atoms with E-state index in [4.69, 9.17) is 14.9 Å². The molecule has 0 aliphatic heterocycles. The van der Waals surface area contributed by atoms with E-state index < -0.39 is 58.6 Å². The Labute approximate surface area is 136 Å². The maximum atomic E-state index is 12.2. The largest absolute Gasteiger partial charge is 0.861 e. The minimum Gasteiger partial charge on any atom is -0.861 e. The van der Waals surface area contributed by atoms with Gasteiger partial charge in [0.15, 0.2) is 0 Å². The lowest BCUT2D eigenvalue weighted by atomic mass is 9.87. The van der Waals surface area contributed by atoms with E-state index >= 15 is 0 Å². The van der Waals surface area contributed by atoms with Gasteiger partial charge in [-0.1, -0.05) is 0 Å². The quantitative estimate of drug-likeness (QED) is 0.355. The molecule has 24 heavy (non-hydrogen) atoms. The predicted molar refractivity (Wildman–Crippen MR) is 71.9 cm³/mol. The van der Waals surface area contributed by atoms with Crippen LogP contribution in [-0.2, 0) is 19.6 Å². The van der Waals surface area contributed by atoms with Crippen molar-refractivity contribution in [3.63, 3.8) is 0 Å². The van der Waals surface area contributed by atoms with Gasteiger partial charge in [0.25, 0.3) is 0 Å². The maximum absolute atomic E-state index is 12.2. The van der Waals surface area contributed by atoms with E-state index in [-0.39, 0.29) is 25.7 Å². The van der Waals surface area contributed by atoms with Gasteiger partial charge in [0.1, 0.15) is 12.0 Å². The summed E-state index contributed by atoms with van der Waals surface area (Å²) in [5, 5.41) is 29.3. The fraction of sp³-hybridized carbons (Fsp3) is 0.833. The Bertz CT molecular complexity index is 564. The van der Waals surface area contributed by atoms with Gasteiger partial charge >= 0.3 is 21.5 Å². The van der Waals surface area contributed by atoms with Crippen LogP contribution in [0.2, 0.25) is 0 Å². The summed E-state index contributed by atoms with van der Waals surface area (Å²) in [6.07, 6.45) is -0.338. The van der Waals surface area contributed by atoms with Gasteiger partial charge in [-0.2, -0.15) is 26.0 Å². The van der Waals surface area contributed by atoms with Crippen molar-refractivity contribution in [3.05, 3.63) is 0 Å². The van der Waals surface area contributed by atoms with Crippen molar-refractivity contribution in [2.24, 2.45) is 16.2 Å². The Balaban J connectivity index is 2.61. The van der Waals surface area contributed by atoms with Crippen molar-refractivity contribution in [1.29, 1.82) is 0 Å². The zero-order valence-electron chi connectivity index (χ0n) is 12.4. The second kappa shape index (κ2) is 8.12. The topological polar surface area (TPSA) is 136 Å². The van der Waals surface area contributed by atoms with E-state index in [1.165, 1.54) is 0 Å². The highest BCUT2D eigenvalue weighted by molar-refractivity contribution is 7.91. The Morgan fingerprint density at radius 3 is 2.12 bits per heavy atom. The van der Waals surface area contributed by atoms with Crippen molar-refractivity contribution >= 4 is 21.9 Å². The van der Waals surface area contributed by atoms with E-state index in [0.29, 0.717) is 0 Å². The molecule has 0 radical (unpaired) electrons. The number of aliphatic hydroxyl groups is 2. The Morgan fingerprint density at radius 1 is 1.21 bits per heavy atom. The van der Waals surface area contributed by atoms with Crippen LogP contribution in [0.5, 0.6) is 0 Å². The number of aliphatic hydroxyl groups excluding tert-OH is 2. The summed E-state index contributed by atoms with van der Waals surface area (Å²) in [4.78, 5) is 11.6. The molecular formula is C12H17F3NO7S-. The Kier molecular flexibility index (Phi) is 6.98. The van der Waals surface area contributed by atoms with Crippen molar-refractivity contribution in [3.8, 4) is 0 Å². The number of esters is 1. The highest BCUT2D eigenvalue weighted by Crippen LogP contribution is 2.29. The summed E-state index contributed by atoms with van der Waals surface area (Å²) in [7, 11) is -5.86. The van der Waals surface area contributed by atoms with Gasteiger partial charge in [-0.05, 0) is 37.5 Å². The number of rotatable bonds is 6. The molecule has 1 rings (SSSR count). The highest BCUT2D eigenvalue weighted by Gasteiger charge is 2.46. The molecule has 8 nitrogen and oxygen atoms in total. The number of nitrogens with zero attached hydrogens (tertiary/aromatic N) is 1. The molecule has 1 aliphatic carbocycles. The van der Waals surface area contributed by atoms with Crippen molar-refractivity contribution < 1.29 is 46.4 Å². The van der Waals surface area contributed by atoms with Crippen LogP contribution in [0.15, 0.2) is 4.40 Å². The van der Waals surface area contributed by atoms with Crippen molar-refractivity contribution in [1.82, 2.24) is 0 Å². The molecule has 140 valence electrons. The Hall–Kier alpha value is -1.40. The van der Waals surface area contributed by atoms with Crippen LogP contribution in [-0.4, -0.2) is 55.3 Å². The average molecular weight is 376 g/mol. The number of ether oxygens (including phenoxy) is 1. The molecule has 0 atom stereocenters. The maximum Gasteiger partial charge on any atom is 0.518 e. The first-order valence-electron chi connectivity index (χ1n) is 7.02. The molecular weight excluding hydrogens is 359 g/mol. The lowest BCUT2D eigenvalue weighted by molar-refractivity contribution is -0.225. The SMILES string of the molecule is O=C(OC1CCC(/C([O-])=N/S(=O)(=O)C(F)(F)F)CC1)C(CO)CO. The summed E-state index contributed by atoms with van der Waals surface area (Å²) in [5.41, 5.74) is -5.63. The number of carbonyl (C=O) groups excluding carboxylic acids is 1. The number of sulfonamides is 1. The van der Waals surface area contributed by atoms with Crippen LogP contribution in [0.1, 0.15) is 25.7 Å². The second-order valence-electron chi connectivity index (χ2n) is 5.32. The molecule has 12 heteroatoms. The number of hydrogen-bond acceptors (Lipinski definition) is 7. The first-order valence-corrected chi connectivity index (χ1v) is 8.46. The van der Waals surface area contributed by atoms with Gasteiger partial charge < -0.3 is 20.1 Å². The van der Waals surface area contributed by atoms with E-state index in [9.17, 15) is 31.5 Å². The van der Waals surface area contributed by atoms with E-state index in [1.54, 1.807) is 0 Å². The van der Waals surface area contributed by atoms with Crippen LogP contribution >= 0.6 is 0 Å². The van der Waals surface area contributed by atoms with E-state index in [1.807, 2.05) is 0 Å². The fourth-order valence-corrected chi connectivity index (χ4v) is 2.63. The van der Waals surface area contributed by atoms with Crippen LogP contribution in [0.4, 0.5) is 13.2 Å². The summed E-state index contributed by atoms with van der Waals surface area (Å²) in [5.74, 6) is -4.28. The third-order valence-corrected chi connectivity index (χ3v) is 4.59. The summed E-state index contributed by atoms with van der Waals surface area (Å²) >= 11 is 0. The fourth-order valence-electron chi connectivity index (χ4n) is 2.14. The van der Waals surface area contributed by atoms with Crippen LogP contribution < -0.4 is 5.11 Å². The number of carbonyl (C=O) groups is 1. The lowest BCUT2D eigenvalue weighted by Gasteiger charge is -2.31. The van der Waals surface area contributed by atoms with Crippen LogP contribution in [0.3, 0.4) is 0 Å². The molecule has 1 saturated carbocycles. The highest BCUT2D eigenvalue weighted by atomic mass is 32.2. The molecule has 0 aromatic heterocycles. The molecule has 0 aromatic rings. The number of alkyl halides is 3. The zero-order chi connectivity index (χ0) is 18.5. The third kappa shape index (κ3) is 5.31. The molecule has 0 saturated heterocycles. The molecule has 0 unspecified atom stereocenters. The lowest BCUT2D eigenvalue weighted by Crippen LogP contribution is -2.37. The molecule has 0 amide bonds. The van der Waals surface area contributed by atoms with Gasteiger partial charge in [-0.25, -0.2) is 0 Å². The standard InChI is InChI=1S/C12H18F3NO7S/c13-12(14,15)24(21,22)16-10(19)7-1-3-9(4-2-7)23-11(20)8(5-17)6-18/h7-9,17-18H,1-6H2,(H,16,19)/p-1. The van der Waals surface area contributed by atoms with Gasteiger partial charge in [0.2, 0.25) is 0 Å². The molecule has 2 N–H and O–H groups in total. The third-order valence-electron chi connectivity index (χ3n) is 3.58. The number of hydrogen-bond donors (Lipinski definition) is 2. The average Bonchev–Trinajstić information content (AvgIpc) is 2.47. The van der Waals surface area contributed by atoms with Crippen LogP contribution in [0, 0.1) is 11.8 Å². The molecule has 1 aliphatic rings. The van der Waals surface area contributed by atoms with Gasteiger partial charge in [0.05, 0.1) is 13.2 Å². The summed E-state index contributed by atoms with van der Waals surface area (Å²) in [6.45, 7) is -1.20. The predicted octanol–water partition coefficient (Wildman–Crippen LogP) is -0.702. The molecule has 0 spiro atoms. The smallest absolute Gasteiger partial charge is 0.518 e. The monoisotopic (exact) mass is 376 g/mol.